The molecule has 3 amide bonds. The van der Waals surface area contributed by atoms with Crippen molar-refractivity contribution in [2.24, 2.45) is 0 Å². The van der Waals surface area contributed by atoms with E-state index in [0.717, 1.165) is 16.7 Å². The van der Waals surface area contributed by atoms with Gasteiger partial charge in [0.25, 0.3) is 0 Å². The summed E-state index contributed by atoms with van der Waals surface area (Å²) in [4.78, 5) is 36.4. The molecule has 0 aliphatic heterocycles. The van der Waals surface area contributed by atoms with E-state index in [4.69, 9.17) is 4.74 Å². The lowest BCUT2D eigenvalue weighted by atomic mass is 10.0. The van der Waals surface area contributed by atoms with Crippen molar-refractivity contribution >= 4 is 23.6 Å². The Morgan fingerprint density at radius 1 is 0.971 bits per heavy atom. The Morgan fingerprint density at radius 3 is 2.23 bits per heavy atom. The molecule has 0 bridgehead atoms. The van der Waals surface area contributed by atoms with Crippen molar-refractivity contribution < 1.29 is 29.3 Å². The SMILES string of the molecule is CC(=O)c1cc(NC(=O)N(C(=O)O)C(C)CO)ccc1OCCc1ccc(-c2ccccc2)cc1. The van der Waals surface area contributed by atoms with Crippen LogP contribution in [0.4, 0.5) is 15.3 Å². The Kier molecular flexibility index (Phi) is 8.58. The van der Waals surface area contributed by atoms with Crippen molar-refractivity contribution in [2.75, 3.05) is 18.5 Å². The van der Waals surface area contributed by atoms with Crippen LogP contribution in [0.15, 0.2) is 72.8 Å². The number of imide groups is 1. The lowest BCUT2D eigenvalue weighted by Crippen LogP contribution is -2.46. The number of hydrogen-bond donors (Lipinski definition) is 3. The first-order valence-corrected chi connectivity index (χ1v) is 11.2. The quantitative estimate of drug-likeness (QED) is 0.371. The van der Waals surface area contributed by atoms with E-state index < -0.39 is 24.8 Å². The molecular weight excluding hydrogens is 448 g/mol. The van der Waals surface area contributed by atoms with Crippen LogP contribution in [0.25, 0.3) is 11.1 Å². The molecule has 0 aromatic heterocycles. The molecule has 8 heteroatoms. The predicted molar refractivity (Wildman–Crippen MR) is 133 cm³/mol. The smallest absolute Gasteiger partial charge is 0.415 e. The van der Waals surface area contributed by atoms with Crippen molar-refractivity contribution in [2.45, 2.75) is 26.3 Å². The summed E-state index contributed by atoms with van der Waals surface area (Å²) in [7, 11) is 0. The Labute approximate surface area is 203 Å². The number of aliphatic hydroxyl groups excluding tert-OH is 1. The zero-order chi connectivity index (χ0) is 25.4. The second-order valence-corrected chi connectivity index (χ2v) is 8.04. The standard InChI is InChI=1S/C27H28N2O6/c1-18(17-30)29(27(33)34)26(32)28-23-12-13-25(24(16-23)19(2)31)35-15-14-20-8-10-22(11-9-20)21-6-4-3-5-7-21/h3-13,16,18,30H,14-15,17H2,1-2H3,(H,28,32)(H,33,34). The van der Waals surface area contributed by atoms with Gasteiger partial charge < -0.3 is 20.3 Å². The molecule has 0 saturated carbocycles. The topological polar surface area (TPSA) is 116 Å². The molecule has 0 spiro atoms. The zero-order valence-corrected chi connectivity index (χ0v) is 19.6. The first-order chi connectivity index (χ1) is 16.8. The molecule has 3 N–H and O–H groups in total. The maximum absolute atomic E-state index is 12.4. The van der Waals surface area contributed by atoms with Crippen molar-refractivity contribution in [1.82, 2.24) is 4.90 Å². The van der Waals surface area contributed by atoms with E-state index in [1.165, 1.54) is 26.0 Å². The van der Waals surface area contributed by atoms with E-state index in [1.54, 1.807) is 6.07 Å². The Balaban J connectivity index is 1.64. The molecule has 182 valence electrons. The Bertz CT molecular complexity index is 1180. The van der Waals surface area contributed by atoms with Gasteiger partial charge in [-0.1, -0.05) is 54.6 Å². The van der Waals surface area contributed by atoms with Crippen LogP contribution >= 0.6 is 0 Å². The van der Waals surface area contributed by atoms with Gasteiger partial charge in [-0.15, -0.1) is 0 Å². The Morgan fingerprint density at radius 2 is 1.63 bits per heavy atom. The van der Waals surface area contributed by atoms with Crippen LogP contribution in [-0.2, 0) is 6.42 Å². The summed E-state index contributed by atoms with van der Waals surface area (Å²) in [6.07, 6.45) is -0.857. The molecule has 35 heavy (non-hydrogen) atoms. The number of anilines is 1. The fourth-order valence-corrected chi connectivity index (χ4v) is 3.52. The highest BCUT2D eigenvalue weighted by molar-refractivity contribution is 6.01. The highest BCUT2D eigenvalue weighted by Crippen LogP contribution is 2.25. The first-order valence-electron chi connectivity index (χ1n) is 11.2. The molecule has 0 heterocycles. The number of carboxylic acid groups (broad SMARTS) is 1. The first kappa shape index (κ1) is 25.5. The van der Waals surface area contributed by atoms with E-state index in [2.05, 4.69) is 29.6 Å². The molecule has 0 aliphatic rings. The van der Waals surface area contributed by atoms with E-state index in [9.17, 15) is 24.6 Å². The molecule has 3 aromatic carbocycles. The van der Waals surface area contributed by atoms with Gasteiger partial charge in [0.05, 0.1) is 24.8 Å². The summed E-state index contributed by atoms with van der Waals surface area (Å²) < 4.78 is 5.85. The number of aliphatic hydroxyl groups is 1. The summed E-state index contributed by atoms with van der Waals surface area (Å²) in [5.74, 6) is 0.109. The van der Waals surface area contributed by atoms with Gasteiger partial charge in [-0.2, -0.15) is 0 Å². The van der Waals surface area contributed by atoms with Gasteiger partial charge in [0.15, 0.2) is 5.78 Å². The minimum Gasteiger partial charge on any atom is -0.492 e. The number of carbonyl (C=O) groups excluding carboxylic acids is 2. The van der Waals surface area contributed by atoms with Crippen LogP contribution < -0.4 is 10.1 Å². The van der Waals surface area contributed by atoms with Crippen LogP contribution in [0.1, 0.15) is 29.8 Å². The average Bonchev–Trinajstić information content (AvgIpc) is 2.85. The number of hydrogen-bond acceptors (Lipinski definition) is 5. The van der Waals surface area contributed by atoms with Gasteiger partial charge >= 0.3 is 12.1 Å². The van der Waals surface area contributed by atoms with Gasteiger partial charge in [0, 0.05) is 12.1 Å². The number of Topliss-reactive ketones (excluding diaryl/α,β-unsaturated/α-hetero) is 1. The highest BCUT2D eigenvalue weighted by atomic mass is 16.5. The van der Waals surface area contributed by atoms with E-state index in [1.807, 2.05) is 30.3 Å². The van der Waals surface area contributed by atoms with Gasteiger partial charge in [0.1, 0.15) is 5.75 Å². The summed E-state index contributed by atoms with van der Waals surface area (Å²) in [6.45, 7) is 2.62. The monoisotopic (exact) mass is 476 g/mol. The number of carbonyl (C=O) groups is 3. The van der Waals surface area contributed by atoms with Gasteiger partial charge in [-0.3, -0.25) is 4.79 Å². The van der Waals surface area contributed by atoms with Crippen LogP contribution in [0, 0.1) is 0 Å². The van der Waals surface area contributed by atoms with Gasteiger partial charge in [-0.05, 0) is 48.7 Å². The number of nitrogens with one attached hydrogen (secondary N) is 1. The number of amides is 3. The second-order valence-electron chi connectivity index (χ2n) is 8.04. The van der Waals surface area contributed by atoms with Gasteiger partial charge in [-0.25, -0.2) is 14.5 Å². The molecule has 0 fully saturated rings. The average molecular weight is 477 g/mol. The number of urea groups is 1. The molecule has 3 aromatic rings. The molecule has 8 nitrogen and oxygen atoms in total. The number of ketones is 1. The molecule has 1 unspecified atom stereocenters. The highest BCUT2D eigenvalue weighted by Gasteiger charge is 2.26. The molecule has 3 rings (SSSR count). The van der Waals surface area contributed by atoms with Crippen LogP contribution in [-0.4, -0.2) is 52.3 Å². The van der Waals surface area contributed by atoms with Gasteiger partial charge in [0.2, 0.25) is 0 Å². The predicted octanol–water partition coefficient (Wildman–Crippen LogP) is 5.07. The molecule has 0 aliphatic carbocycles. The molecular formula is C27H28N2O6. The van der Waals surface area contributed by atoms with E-state index in [-0.39, 0.29) is 17.0 Å². The third kappa shape index (κ3) is 6.68. The van der Waals surface area contributed by atoms with Crippen molar-refractivity contribution in [1.29, 1.82) is 0 Å². The second kappa shape index (κ2) is 11.8. The number of ether oxygens (including phenoxy) is 1. The van der Waals surface area contributed by atoms with Crippen molar-refractivity contribution in [3.8, 4) is 16.9 Å². The van der Waals surface area contributed by atoms with Crippen molar-refractivity contribution in [3.05, 3.63) is 83.9 Å². The van der Waals surface area contributed by atoms with Crippen LogP contribution in [0.5, 0.6) is 5.75 Å². The third-order valence-electron chi connectivity index (χ3n) is 5.45. The third-order valence-corrected chi connectivity index (χ3v) is 5.45. The lowest BCUT2D eigenvalue weighted by molar-refractivity contribution is 0.101. The molecule has 0 radical (unpaired) electrons. The number of benzene rings is 3. The van der Waals surface area contributed by atoms with Crippen LogP contribution in [0.3, 0.4) is 0 Å². The normalized spacial score (nSPS) is 11.4. The summed E-state index contributed by atoms with van der Waals surface area (Å²) in [6, 6.07) is 20.9. The van der Waals surface area contributed by atoms with Crippen LogP contribution in [0.2, 0.25) is 0 Å². The largest absolute Gasteiger partial charge is 0.492 e. The maximum atomic E-state index is 12.4. The summed E-state index contributed by atoms with van der Waals surface area (Å²) in [5, 5.41) is 20.9. The zero-order valence-electron chi connectivity index (χ0n) is 19.6. The Hall–Kier alpha value is -4.17. The summed E-state index contributed by atoms with van der Waals surface area (Å²) in [5.41, 5.74) is 3.86. The van der Waals surface area contributed by atoms with Crippen molar-refractivity contribution in [3.63, 3.8) is 0 Å². The fourth-order valence-electron chi connectivity index (χ4n) is 3.52. The molecule has 0 saturated heterocycles. The number of nitrogens with zero attached hydrogens (tertiary/aromatic N) is 1. The minimum absolute atomic E-state index is 0.237. The van der Waals surface area contributed by atoms with E-state index in [0.29, 0.717) is 23.7 Å². The lowest BCUT2D eigenvalue weighted by Gasteiger charge is -2.23. The maximum Gasteiger partial charge on any atom is 0.415 e. The summed E-state index contributed by atoms with van der Waals surface area (Å²) >= 11 is 0. The number of rotatable bonds is 9. The fraction of sp³-hybridized carbons (Fsp3) is 0.222. The van der Waals surface area contributed by atoms with E-state index >= 15 is 0 Å². The molecule has 1 atom stereocenters. The minimum atomic E-state index is -1.49.